The maximum Gasteiger partial charge on any atom is 0.250 e. The van der Waals surface area contributed by atoms with E-state index < -0.39 is 0 Å². The van der Waals surface area contributed by atoms with Crippen LogP contribution in [0.2, 0.25) is 0 Å². The predicted molar refractivity (Wildman–Crippen MR) is 99.9 cm³/mol. The van der Waals surface area contributed by atoms with Crippen LogP contribution in [0.25, 0.3) is 22.2 Å². The number of aromatic amines is 1. The molecule has 1 aliphatic heterocycles. The molecule has 8 heteroatoms. The van der Waals surface area contributed by atoms with Crippen molar-refractivity contribution in [2.24, 2.45) is 0 Å². The molecule has 1 aliphatic rings. The summed E-state index contributed by atoms with van der Waals surface area (Å²) in [6.45, 7) is 0.0172. The van der Waals surface area contributed by atoms with E-state index in [0.717, 1.165) is 27.8 Å². The molecule has 2 aromatic carbocycles. The molecule has 0 radical (unpaired) electrons. The van der Waals surface area contributed by atoms with E-state index in [-0.39, 0.29) is 12.5 Å². The van der Waals surface area contributed by atoms with Gasteiger partial charge in [0.15, 0.2) is 0 Å². The van der Waals surface area contributed by atoms with E-state index >= 15 is 0 Å². The van der Waals surface area contributed by atoms with Gasteiger partial charge in [0.05, 0.1) is 11.2 Å². The second-order valence-electron chi connectivity index (χ2n) is 5.81. The van der Waals surface area contributed by atoms with E-state index in [9.17, 15) is 4.79 Å². The highest BCUT2D eigenvalue weighted by Crippen LogP contribution is 2.30. The quantitative estimate of drug-likeness (QED) is 0.563. The Bertz CT molecular complexity index is 981. The van der Waals surface area contributed by atoms with Gasteiger partial charge < -0.3 is 15.5 Å². The Hall–Kier alpha value is -3.36. The first-order chi connectivity index (χ1) is 12.7. The SMILES string of the molecule is COCC(=O)Nc1cccc(-c2n[nH]c3ccc(N4C=CNN4)cc23)c1. The Morgan fingerprint density at radius 1 is 1.27 bits per heavy atom. The molecular formula is C18H18N6O2. The molecule has 3 aromatic rings. The van der Waals surface area contributed by atoms with E-state index in [1.807, 2.05) is 53.8 Å². The number of benzene rings is 2. The number of hydrogen-bond acceptors (Lipinski definition) is 6. The normalized spacial score (nSPS) is 13.2. The van der Waals surface area contributed by atoms with Crippen LogP contribution < -0.4 is 21.3 Å². The lowest BCUT2D eigenvalue weighted by atomic mass is 10.1. The van der Waals surface area contributed by atoms with Crippen molar-refractivity contribution in [3.05, 3.63) is 54.9 Å². The van der Waals surface area contributed by atoms with Gasteiger partial charge in [-0.1, -0.05) is 12.1 Å². The molecule has 0 atom stereocenters. The van der Waals surface area contributed by atoms with Crippen molar-refractivity contribution < 1.29 is 9.53 Å². The zero-order chi connectivity index (χ0) is 17.9. The van der Waals surface area contributed by atoms with Gasteiger partial charge in [0.1, 0.15) is 12.3 Å². The van der Waals surface area contributed by atoms with E-state index in [4.69, 9.17) is 4.74 Å². The number of fused-ring (bicyclic) bond motifs is 1. The number of hydrazine groups is 2. The number of rotatable bonds is 5. The molecule has 2 heterocycles. The maximum absolute atomic E-state index is 11.7. The third-order valence-corrected chi connectivity index (χ3v) is 4.01. The summed E-state index contributed by atoms with van der Waals surface area (Å²) >= 11 is 0. The first-order valence-corrected chi connectivity index (χ1v) is 8.09. The predicted octanol–water partition coefficient (Wildman–Crippen LogP) is 2.12. The monoisotopic (exact) mass is 350 g/mol. The van der Waals surface area contributed by atoms with E-state index in [0.29, 0.717) is 5.69 Å². The van der Waals surface area contributed by atoms with Crippen molar-refractivity contribution in [1.29, 1.82) is 0 Å². The fraction of sp³-hybridized carbons (Fsp3) is 0.111. The van der Waals surface area contributed by atoms with Crippen LogP contribution in [0.15, 0.2) is 54.9 Å². The van der Waals surface area contributed by atoms with Crippen molar-refractivity contribution in [1.82, 2.24) is 21.2 Å². The number of nitrogens with one attached hydrogen (secondary N) is 4. The van der Waals surface area contributed by atoms with E-state index in [1.165, 1.54) is 7.11 Å². The molecular weight excluding hydrogens is 332 g/mol. The number of methoxy groups -OCH3 is 1. The topological polar surface area (TPSA) is 94.3 Å². The molecule has 0 bridgehead atoms. The Kier molecular flexibility index (Phi) is 4.26. The highest BCUT2D eigenvalue weighted by Gasteiger charge is 2.13. The molecule has 0 spiro atoms. The summed E-state index contributed by atoms with van der Waals surface area (Å²) in [7, 11) is 1.49. The minimum atomic E-state index is -0.196. The van der Waals surface area contributed by atoms with E-state index in [2.05, 4.69) is 32.5 Å². The molecule has 26 heavy (non-hydrogen) atoms. The number of amides is 1. The standard InChI is InChI=1S/C18H18N6O2/c1-26-11-17(25)20-13-4-2-3-12(9-13)18-15-10-14(24-8-7-19-23-24)5-6-16(15)21-22-18/h2-10,19,23H,11H2,1H3,(H,20,25)(H,21,22). The van der Waals surface area contributed by atoms with Gasteiger partial charge in [0, 0.05) is 36.1 Å². The summed E-state index contributed by atoms with van der Waals surface area (Å²) in [5.41, 5.74) is 10.3. The summed E-state index contributed by atoms with van der Waals surface area (Å²) in [4.78, 5) is 11.7. The molecule has 1 aromatic heterocycles. The number of hydrogen-bond donors (Lipinski definition) is 4. The molecule has 8 nitrogen and oxygen atoms in total. The number of nitrogens with zero attached hydrogens (tertiary/aromatic N) is 2. The highest BCUT2D eigenvalue weighted by atomic mass is 16.5. The Morgan fingerprint density at radius 3 is 3.00 bits per heavy atom. The fourth-order valence-corrected chi connectivity index (χ4v) is 2.85. The van der Waals surface area contributed by atoms with Crippen LogP contribution >= 0.6 is 0 Å². The van der Waals surface area contributed by atoms with Gasteiger partial charge in [0.2, 0.25) is 5.91 Å². The molecule has 0 saturated carbocycles. The third-order valence-electron chi connectivity index (χ3n) is 4.01. The van der Waals surface area contributed by atoms with Crippen molar-refractivity contribution >= 4 is 28.2 Å². The van der Waals surface area contributed by atoms with Gasteiger partial charge in [-0.25, -0.2) is 0 Å². The molecule has 1 amide bonds. The fourth-order valence-electron chi connectivity index (χ4n) is 2.85. The van der Waals surface area contributed by atoms with Crippen LogP contribution in [0, 0.1) is 0 Å². The summed E-state index contributed by atoms with van der Waals surface area (Å²) in [5.74, 6) is -0.196. The Morgan fingerprint density at radius 2 is 2.19 bits per heavy atom. The van der Waals surface area contributed by atoms with Crippen LogP contribution in [0.5, 0.6) is 0 Å². The molecule has 132 valence electrons. The van der Waals surface area contributed by atoms with Gasteiger partial charge in [-0.3, -0.25) is 14.9 Å². The van der Waals surface area contributed by atoms with Crippen LogP contribution in [-0.2, 0) is 9.53 Å². The Labute approximate surface area is 149 Å². The average molecular weight is 350 g/mol. The van der Waals surface area contributed by atoms with Gasteiger partial charge in [0.25, 0.3) is 0 Å². The summed E-state index contributed by atoms with van der Waals surface area (Å²) < 4.78 is 4.85. The molecule has 0 saturated heterocycles. The lowest BCUT2D eigenvalue weighted by Gasteiger charge is -2.15. The van der Waals surface area contributed by atoms with Crippen LogP contribution in [0.4, 0.5) is 11.4 Å². The number of carbonyl (C=O) groups excluding carboxylic acids is 1. The number of H-pyrrole nitrogens is 1. The summed E-state index contributed by atoms with van der Waals surface area (Å²) in [6.07, 6.45) is 3.71. The third kappa shape index (κ3) is 3.10. The average Bonchev–Trinajstić information content (AvgIpc) is 3.31. The zero-order valence-corrected chi connectivity index (χ0v) is 14.1. The van der Waals surface area contributed by atoms with Crippen LogP contribution in [0.1, 0.15) is 0 Å². The first kappa shape index (κ1) is 16.1. The van der Waals surface area contributed by atoms with E-state index in [1.54, 1.807) is 0 Å². The molecule has 0 fully saturated rings. The lowest BCUT2D eigenvalue weighted by molar-refractivity contribution is -0.119. The number of aromatic nitrogens is 2. The van der Waals surface area contributed by atoms with Gasteiger partial charge in [-0.15, -0.1) is 5.53 Å². The molecule has 0 aliphatic carbocycles. The second kappa shape index (κ2) is 6.87. The highest BCUT2D eigenvalue weighted by molar-refractivity contribution is 5.97. The van der Waals surface area contributed by atoms with Crippen LogP contribution in [-0.4, -0.2) is 29.8 Å². The Balaban J connectivity index is 1.69. The van der Waals surface area contributed by atoms with Gasteiger partial charge in [-0.05, 0) is 30.3 Å². The number of anilines is 2. The van der Waals surface area contributed by atoms with Crippen molar-refractivity contribution in [3.63, 3.8) is 0 Å². The maximum atomic E-state index is 11.7. The minimum absolute atomic E-state index is 0.0172. The summed E-state index contributed by atoms with van der Waals surface area (Å²) in [5, 5.41) is 13.2. The van der Waals surface area contributed by atoms with Crippen molar-refractivity contribution in [2.45, 2.75) is 0 Å². The zero-order valence-electron chi connectivity index (χ0n) is 14.1. The van der Waals surface area contributed by atoms with Gasteiger partial charge >= 0.3 is 0 Å². The second-order valence-corrected chi connectivity index (χ2v) is 5.81. The first-order valence-electron chi connectivity index (χ1n) is 8.09. The molecule has 0 unspecified atom stereocenters. The van der Waals surface area contributed by atoms with Crippen molar-refractivity contribution in [3.8, 4) is 11.3 Å². The largest absolute Gasteiger partial charge is 0.375 e. The smallest absolute Gasteiger partial charge is 0.250 e. The van der Waals surface area contributed by atoms with Crippen molar-refractivity contribution in [2.75, 3.05) is 24.0 Å². The lowest BCUT2D eigenvalue weighted by Crippen LogP contribution is -2.35. The number of carbonyl (C=O) groups is 1. The minimum Gasteiger partial charge on any atom is -0.375 e. The molecule has 4 N–H and O–H groups in total. The van der Waals surface area contributed by atoms with Crippen LogP contribution in [0.3, 0.4) is 0 Å². The van der Waals surface area contributed by atoms with Gasteiger partial charge in [-0.2, -0.15) is 5.10 Å². The summed E-state index contributed by atoms with van der Waals surface area (Å²) in [6, 6.07) is 13.6. The number of ether oxygens (including phenoxy) is 1. The molecule has 4 rings (SSSR count).